The van der Waals surface area contributed by atoms with Gasteiger partial charge >= 0.3 is 5.97 Å². The first-order chi connectivity index (χ1) is 7.17. The molecule has 2 atom stereocenters. The van der Waals surface area contributed by atoms with Crippen molar-refractivity contribution in [2.24, 2.45) is 0 Å². The molecule has 1 aliphatic heterocycles. The average Bonchev–Trinajstić information content (AvgIpc) is 2.28. The second kappa shape index (κ2) is 6.38. The highest BCUT2D eigenvalue weighted by Gasteiger charge is 2.24. The van der Waals surface area contributed by atoms with E-state index in [1.807, 2.05) is 0 Å². The smallest absolute Gasteiger partial charge is 0.307 e. The lowest BCUT2D eigenvalue weighted by Gasteiger charge is -2.35. The van der Waals surface area contributed by atoms with E-state index in [0.29, 0.717) is 12.5 Å². The highest BCUT2D eigenvalue weighted by molar-refractivity contribution is 8.00. The zero-order valence-electron chi connectivity index (χ0n) is 9.86. The molecule has 0 aromatic carbocycles. The van der Waals surface area contributed by atoms with Crippen molar-refractivity contribution in [1.82, 2.24) is 4.90 Å². The van der Waals surface area contributed by atoms with Crippen LogP contribution in [0.5, 0.6) is 0 Å². The molecule has 0 aliphatic carbocycles. The maximum atomic E-state index is 11.2. The number of hydrogen-bond acceptors (Lipinski definition) is 4. The van der Waals surface area contributed by atoms with Gasteiger partial charge in [-0.25, -0.2) is 0 Å². The topological polar surface area (TPSA) is 29.5 Å². The molecule has 0 N–H and O–H groups in total. The van der Waals surface area contributed by atoms with Crippen LogP contribution in [-0.2, 0) is 9.53 Å². The van der Waals surface area contributed by atoms with Crippen molar-refractivity contribution in [3.05, 3.63) is 0 Å². The summed E-state index contributed by atoms with van der Waals surface area (Å²) in [5.41, 5.74) is 0. The molecule has 0 aromatic heterocycles. The van der Waals surface area contributed by atoms with E-state index >= 15 is 0 Å². The molecule has 1 fully saturated rings. The lowest BCUT2D eigenvalue weighted by molar-refractivity contribution is -0.141. The molecule has 4 heteroatoms. The molecule has 1 heterocycles. The van der Waals surface area contributed by atoms with Crippen LogP contribution in [0.1, 0.15) is 26.7 Å². The largest absolute Gasteiger partial charge is 0.469 e. The molecule has 1 saturated heterocycles. The molecule has 0 radical (unpaired) electrons. The first-order valence-electron chi connectivity index (χ1n) is 5.59. The van der Waals surface area contributed by atoms with Crippen LogP contribution in [0.25, 0.3) is 0 Å². The van der Waals surface area contributed by atoms with E-state index in [1.54, 1.807) is 0 Å². The van der Waals surface area contributed by atoms with Gasteiger partial charge in [-0.3, -0.25) is 9.69 Å². The number of esters is 1. The molecule has 0 bridgehead atoms. The Morgan fingerprint density at radius 3 is 3.00 bits per heavy atom. The Bertz CT molecular complexity index is 211. The van der Waals surface area contributed by atoms with E-state index in [-0.39, 0.29) is 5.97 Å². The Kier molecular flexibility index (Phi) is 5.47. The van der Waals surface area contributed by atoms with Crippen LogP contribution < -0.4 is 0 Å². The van der Waals surface area contributed by atoms with Gasteiger partial charge in [0.1, 0.15) is 0 Å². The van der Waals surface area contributed by atoms with Crippen LogP contribution in [0, 0.1) is 0 Å². The third kappa shape index (κ3) is 4.03. The number of nitrogens with zero attached hydrogens (tertiary/aromatic N) is 1. The zero-order chi connectivity index (χ0) is 11.3. The maximum absolute atomic E-state index is 11.2. The second-order valence-electron chi connectivity index (χ2n) is 4.03. The summed E-state index contributed by atoms with van der Waals surface area (Å²) in [6.45, 7) is 6.55. The number of methoxy groups -OCH3 is 1. The number of carbonyl (C=O) groups excluding carboxylic acids is 1. The summed E-state index contributed by atoms with van der Waals surface area (Å²) in [5.74, 6) is 1.08. The second-order valence-corrected chi connectivity index (χ2v) is 5.43. The summed E-state index contributed by atoms with van der Waals surface area (Å²) in [6.07, 6.45) is 1.73. The minimum absolute atomic E-state index is 0.103. The molecular weight excluding hydrogens is 210 g/mol. The highest BCUT2D eigenvalue weighted by Crippen LogP contribution is 2.23. The number of ether oxygens (including phenoxy) is 1. The van der Waals surface area contributed by atoms with Crippen molar-refractivity contribution >= 4 is 17.7 Å². The monoisotopic (exact) mass is 231 g/mol. The van der Waals surface area contributed by atoms with Crippen LogP contribution >= 0.6 is 11.8 Å². The number of hydrogen-bond donors (Lipinski definition) is 0. The molecule has 0 spiro atoms. The van der Waals surface area contributed by atoms with Gasteiger partial charge < -0.3 is 4.74 Å². The fraction of sp³-hybridized carbons (Fsp3) is 0.909. The predicted molar refractivity (Wildman–Crippen MR) is 64.2 cm³/mol. The third-order valence-electron chi connectivity index (χ3n) is 2.94. The summed E-state index contributed by atoms with van der Waals surface area (Å²) in [5, 5.41) is 0.735. The Labute approximate surface area is 96.5 Å². The molecule has 1 aliphatic rings. The van der Waals surface area contributed by atoms with Crippen molar-refractivity contribution < 1.29 is 9.53 Å². The van der Waals surface area contributed by atoms with Gasteiger partial charge in [-0.05, 0) is 13.3 Å². The molecule has 0 saturated carbocycles. The first-order valence-corrected chi connectivity index (χ1v) is 6.64. The van der Waals surface area contributed by atoms with Gasteiger partial charge in [0, 0.05) is 30.1 Å². The minimum Gasteiger partial charge on any atom is -0.469 e. The van der Waals surface area contributed by atoms with Gasteiger partial charge in [0.25, 0.3) is 0 Å². The Hall–Kier alpha value is -0.220. The van der Waals surface area contributed by atoms with E-state index in [1.165, 1.54) is 19.3 Å². The summed E-state index contributed by atoms with van der Waals surface area (Å²) in [4.78, 5) is 13.6. The fourth-order valence-electron chi connectivity index (χ4n) is 1.84. The lowest BCUT2D eigenvalue weighted by Crippen LogP contribution is -2.44. The van der Waals surface area contributed by atoms with Gasteiger partial charge in [0.2, 0.25) is 0 Å². The van der Waals surface area contributed by atoms with Gasteiger partial charge in [-0.2, -0.15) is 11.8 Å². The quantitative estimate of drug-likeness (QED) is 0.690. The number of thioether (sulfide) groups is 1. The van der Waals surface area contributed by atoms with Crippen molar-refractivity contribution in [2.45, 2.75) is 38.0 Å². The van der Waals surface area contributed by atoms with Crippen LogP contribution in [-0.4, -0.2) is 48.1 Å². The molecule has 1 rings (SSSR count). The molecule has 2 unspecified atom stereocenters. The van der Waals surface area contributed by atoms with Crippen molar-refractivity contribution in [2.75, 3.05) is 26.0 Å². The zero-order valence-corrected chi connectivity index (χ0v) is 10.7. The average molecular weight is 231 g/mol. The van der Waals surface area contributed by atoms with Gasteiger partial charge in [0.15, 0.2) is 0 Å². The van der Waals surface area contributed by atoms with Crippen molar-refractivity contribution in [1.29, 1.82) is 0 Å². The number of carbonyl (C=O) groups is 1. The van der Waals surface area contributed by atoms with Crippen molar-refractivity contribution in [3.63, 3.8) is 0 Å². The SMILES string of the molecule is CCC1CN(C(C)CC(=O)OC)CCS1. The van der Waals surface area contributed by atoms with Gasteiger partial charge in [0.05, 0.1) is 13.5 Å². The van der Waals surface area contributed by atoms with Crippen LogP contribution in [0.15, 0.2) is 0 Å². The lowest BCUT2D eigenvalue weighted by atomic mass is 10.2. The molecular formula is C11H21NO2S. The minimum atomic E-state index is -0.103. The molecule has 3 nitrogen and oxygen atoms in total. The molecule has 0 aromatic rings. The summed E-state index contributed by atoms with van der Waals surface area (Å²) in [7, 11) is 1.45. The third-order valence-corrected chi connectivity index (χ3v) is 4.31. The Balaban J connectivity index is 2.37. The standard InChI is InChI=1S/C11H21NO2S/c1-4-10-8-12(5-6-15-10)9(2)7-11(13)14-3/h9-10H,4-8H2,1-3H3. The fourth-order valence-corrected chi connectivity index (χ4v) is 3.05. The van der Waals surface area contributed by atoms with E-state index < -0.39 is 0 Å². The summed E-state index contributed by atoms with van der Waals surface area (Å²) >= 11 is 2.05. The molecule has 88 valence electrons. The Morgan fingerprint density at radius 2 is 2.40 bits per heavy atom. The highest BCUT2D eigenvalue weighted by atomic mass is 32.2. The van der Waals surface area contributed by atoms with Crippen LogP contribution in [0.4, 0.5) is 0 Å². The maximum Gasteiger partial charge on any atom is 0.307 e. The van der Waals surface area contributed by atoms with E-state index in [9.17, 15) is 4.79 Å². The van der Waals surface area contributed by atoms with E-state index in [0.717, 1.165) is 18.3 Å². The normalized spacial score (nSPS) is 24.9. The summed E-state index contributed by atoms with van der Waals surface area (Å²) in [6, 6.07) is 0.312. The van der Waals surface area contributed by atoms with E-state index in [4.69, 9.17) is 4.74 Å². The van der Waals surface area contributed by atoms with Gasteiger partial charge in [-0.1, -0.05) is 6.92 Å². The van der Waals surface area contributed by atoms with Crippen LogP contribution in [0.3, 0.4) is 0 Å². The number of rotatable bonds is 4. The van der Waals surface area contributed by atoms with Crippen LogP contribution in [0.2, 0.25) is 0 Å². The van der Waals surface area contributed by atoms with Crippen molar-refractivity contribution in [3.8, 4) is 0 Å². The Morgan fingerprint density at radius 1 is 1.67 bits per heavy atom. The van der Waals surface area contributed by atoms with E-state index in [2.05, 4.69) is 30.5 Å². The first kappa shape index (κ1) is 12.8. The van der Waals surface area contributed by atoms with Gasteiger partial charge in [-0.15, -0.1) is 0 Å². The molecule has 15 heavy (non-hydrogen) atoms. The summed E-state index contributed by atoms with van der Waals surface area (Å²) < 4.78 is 4.69. The predicted octanol–water partition coefficient (Wildman–Crippen LogP) is 1.77. The molecule has 0 amide bonds.